The van der Waals surface area contributed by atoms with Crippen molar-refractivity contribution in [2.75, 3.05) is 19.0 Å². The van der Waals surface area contributed by atoms with Crippen LogP contribution in [0.3, 0.4) is 0 Å². The molecule has 8 heteroatoms. The van der Waals surface area contributed by atoms with Gasteiger partial charge in [0.25, 0.3) is 0 Å². The topological polar surface area (TPSA) is 98.7 Å². The number of thioether (sulfide) groups is 1. The van der Waals surface area contributed by atoms with Crippen LogP contribution in [0.15, 0.2) is 18.2 Å². The van der Waals surface area contributed by atoms with E-state index in [1.165, 1.54) is 0 Å². The molecule has 0 saturated carbocycles. The number of benzene rings is 1. The van der Waals surface area contributed by atoms with Crippen LogP contribution in [0.5, 0.6) is 0 Å². The van der Waals surface area contributed by atoms with E-state index in [2.05, 4.69) is 17.6 Å². The average molecular weight is 446 g/mol. The summed E-state index contributed by atoms with van der Waals surface area (Å²) in [5.74, 6) is -1.50. The summed E-state index contributed by atoms with van der Waals surface area (Å²) in [6, 6.07) is 4.57. The summed E-state index contributed by atoms with van der Waals surface area (Å²) in [7, 11) is 1.59. The number of carbonyl (C=O) groups is 3. The minimum absolute atomic E-state index is 0.0194. The normalized spacial score (nSPS) is 34.6. The predicted octanol–water partition coefficient (Wildman–Crippen LogP) is 1.71. The van der Waals surface area contributed by atoms with Crippen molar-refractivity contribution in [1.29, 1.82) is 0 Å². The number of hydrogen-bond donors (Lipinski definition) is 3. The molecule has 168 valence electrons. The van der Waals surface area contributed by atoms with Crippen LogP contribution in [-0.4, -0.2) is 63.5 Å². The van der Waals surface area contributed by atoms with E-state index in [4.69, 9.17) is 0 Å². The molecule has 0 aliphatic carbocycles. The van der Waals surface area contributed by atoms with Crippen LogP contribution in [0.1, 0.15) is 31.4 Å². The van der Waals surface area contributed by atoms with Gasteiger partial charge >= 0.3 is 0 Å². The highest BCUT2D eigenvalue weighted by atomic mass is 32.2. The van der Waals surface area contributed by atoms with E-state index in [1.807, 2.05) is 32.0 Å². The summed E-state index contributed by atoms with van der Waals surface area (Å²) in [6.45, 7) is 7.48. The summed E-state index contributed by atoms with van der Waals surface area (Å²) in [5.41, 5.74) is 2.66. The number of aliphatic hydroxyl groups is 1. The first-order valence-corrected chi connectivity index (χ1v) is 11.8. The lowest BCUT2D eigenvalue weighted by atomic mass is 9.66. The van der Waals surface area contributed by atoms with Gasteiger partial charge in [-0.25, -0.2) is 0 Å². The van der Waals surface area contributed by atoms with Gasteiger partial charge in [-0.15, -0.1) is 11.8 Å². The Morgan fingerprint density at radius 3 is 2.52 bits per heavy atom. The number of aryl methyl sites for hydroxylation is 2. The van der Waals surface area contributed by atoms with Gasteiger partial charge in [-0.3, -0.25) is 14.4 Å². The molecule has 3 amide bonds. The summed E-state index contributed by atoms with van der Waals surface area (Å²) in [6.07, 6.45) is 0.793. The van der Waals surface area contributed by atoms with Crippen molar-refractivity contribution in [3.8, 4) is 0 Å². The molecule has 1 spiro atoms. The quantitative estimate of drug-likeness (QED) is 0.641. The van der Waals surface area contributed by atoms with Gasteiger partial charge in [0, 0.05) is 18.0 Å². The van der Waals surface area contributed by atoms with Gasteiger partial charge in [0.2, 0.25) is 17.7 Å². The van der Waals surface area contributed by atoms with E-state index in [-0.39, 0.29) is 35.5 Å². The molecule has 3 fully saturated rings. The van der Waals surface area contributed by atoms with Gasteiger partial charge in [0.15, 0.2) is 0 Å². The van der Waals surface area contributed by atoms with E-state index in [1.54, 1.807) is 30.6 Å². The third-order valence-electron chi connectivity index (χ3n) is 7.45. The SMILES string of the molecule is CNC(=O)[C@@H]1[C@@H]2CC(C)C3(S2)C(C(=O)Nc2c(C)cccc2C)N([C@H](C)CO)C(=O)[C@H]13. The van der Waals surface area contributed by atoms with Gasteiger partial charge in [-0.1, -0.05) is 25.1 Å². The highest BCUT2D eigenvalue weighted by molar-refractivity contribution is 8.02. The Morgan fingerprint density at radius 2 is 1.94 bits per heavy atom. The molecule has 7 atom stereocenters. The monoisotopic (exact) mass is 445 g/mol. The Bertz CT molecular complexity index is 917. The maximum atomic E-state index is 13.8. The largest absolute Gasteiger partial charge is 0.394 e. The number of para-hydroxylation sites is 1. The van der Waals surface area contributed by atoms with E-state index in [0.717, 1.165) is 23.2 Å². The first-order valence-electron chi connectivity index (χ1n) is 10.9. The van der Waals surface area contributed by atoms with Crippen molar-refractivity contribution < 1.29 is 19.5 Å². The Hall–Kier alpha value is -2.06. The fraction of sp³-hybridized carbons (Fsp3) is 0.609. The van der Waals surface area contributed by atoms with Gasteiger partial charge in [-0.2, -0.15) is 0 Å². The lowest BCUT2D eigenvalue weighted by Gasteiger charge is -2.39. The Balaban J connectivity index is 1.80. The molecule has 2 bridgehead atoms. The van der Waals surface area contributed by atoms with Crippen molar-refractivity contribution in [1.82, 2.24) is 10.2 Å². The lowest BCUT2D eigenvalue weighted by Crippen LogP contribution is -2.56. The predicted molar refractivity (Wildman–Crippen MR) is 121 cm³/mol. The molecule has 1 aromatic carbocycles. The molecule has 3 aliphatic rings. The smallest absolute Gasteiger partial charge is 0.248 e. The molecule has 3 N–H and O–H groups in total. The molecule has 0 radical (unpaired) electrons. The van der Waals surface area contributed by atoms with Crippen LogP contribution in [0.4, 0.5) is 5.69 Å². The second-order valence-electron chi connectivity index (χ2n) is 9.20. The number of likely N-dealkylation sites (tertiary alicyclic amines) is 1. The van der Waals surface area contributed by atoms with Crippen LogP contribution >= 0.6 is 11.8 Å². The van der Waals surface area contributed by atoms with E-state index < -0.39 is 28.7 Å². The van der Waals surface area contributed by atoms with Crippen molar-refractivity contribution in [3.63, 3.8) is 0 Å². The fourth-order valence-corrected chi connectivity index (χ4v) is 8.40. The zero-order chi connectivity index (χ0) is 22.7. The molecule has 4 rings (SSSR count). The number of aliphatic hydroxyl groups excluding tert-OH is 1. The molecule has 3 aliphatic heterocycles. The number of hydrogen-bond acceptors (Lipinski definition) is 5. The third-order valence-corrected chi connectivity index (χ3v) is 9.53. The molecule has 7 nitrogen and oxygen atoms in total. The van der Waals surface area contributed by atoms with Crippen LogP contribution in [-0.2, 0) is 14.4 Å². The van der Waals surface area contributed by atoms with Crippen LogP contribution in [0.25, 0.3) is 0 Å². The third kappa shape index (κ3) is 3.02. The molecule has 0 aromatic heterocycles. The van der Waals surface area contributed by atoms with Gasteiger partial charge < -0.3 is 20.6 Å². The van der Waals surface area contributed by atoms with Crippen molar-refractivity contribution >= 4 is 35.2 Å². The number of amides is 3. The maximum absolute atomic E-state index is 13.8. The number of rotatable bonds is 5. The number of nitrogens with one attached hydrogen (secondary N) is 2. The summed E-state index contributed by atoms with van der Waals surface area (Å²) in [5, 5.41) is 15.7. The van der Waals surface area contributed by atoms with Crippen molar-refractivity contribution in [2.24, 2.45) is 17.8 Å². The average Bonchev–Trinajstić information content (AvgIpc) is 3.33. The minimum atomic E-state index is -0.745. The van der Waals surface area contributed by atoms with Crippen molar-refractivity contribution in [2.45, 2.75) is 56.2 Å². The maximum Gasteiger partial charge on any atom is 0.248 e. The van der Waals surface area contributed by atoms with Crippen LogP contribution in [0.2, 0.25) is 0 Å². The van der Waals surface area contributed by atoms with Crippen LogP contribution < -0.4 is 10.6 Å². The number of anilines is 1. The van der Waals surface area contributed by atoms with Crippen LogP contribution in [0, 0.1) is 31.6 Å². The molecular weight excluding hydrogens is 414 g/mol. The van der Waals surface area contributed by atoms with Gasteiger partial charge in [0.1, 0.15) is 6.04 Å². The Labute approximate surface area is 187 Å². The molecule has 1 aromatic rings. The van der Waals surface area contributed by atoms with Crippen molar-refractivity contribution in [3.05, 3.63) is 29.3 Å². The zero-order valence-electron chi connectivity index (χ0n) is 18.6. The van der Waals surface area contributed by atoms with Gasteiger partial charge in [0.05, 0.1) is 29.2 Å². The molecule has 3 saturated heterocycles. The zero-order valence-corrected chi connectivity index (χ0v) is 19.5. The first kappa shape index (κ1) is 22.1. The summed E-state index contributed by atoms with van der Waals surface area (Å²) in [4.78, 5) is 41.8. The molecule has 3 heterocycles. The number of carbonyl (C=O) groups excluding carboxylic acids is 3. The Morgan fingerprint density at radius 1 is 1.29 bits per heavy atom. The summed E-state index contributed by atoms with van der Waals surface area (Å²) < 4.78 is -0.678. The van der Waals surface area contributed by atoms with E-state index in [9.17, 15) is 19.5 Å². The molecule has 31 heavy (non-hydrogen) atoms. The molecule has 3 unspecified atom stereocenters. The summed E-state index contributed by atoms with van der Waals surface area (Å²) >= 11 is 1.63. The van der Waals surface area contributed by atoms with E-state index in [0.29, 0.717) is 0 Å². The highest BCUT2D eigenvalue weighted by Gasteiger charge is 2.76. The first-order chi connectivity index (χ1) is 14.7. The van der Waals surface area contributed by atoms with Gasteiger partial charge in [-0.05, 0) is 44.2 Å². The second kappa shape index (κ2) is 7.81. The standard InChI is InChI=1S/C23H31N3O4S/c1-11-7-6-8-12(2)18(11)25-21(29)19-23-13(3)9-15(31-23)16(20(28)24-5)17(23)22(30)26(19)14(4)10-27/h6-8,13-17,19,27H,9-10H2,1-5H3,(H,24,28)(H,25,29)/t13?,14-,15+,16-,17+,19?,23?/m1/s1. The lowest BCUT2D eigenvalue weighted by molar-refractivity contribution is -0.141. The van der Waals surface area contributed by atoms with E-state index >= 15 is 0 Å². The number of fused-ring (bicyclic) bond motifs is 1. The fourth-order valence-electron chi connectivity index (χ4n) is 5.99. The highest BCUT2D eigenvalue weighted by Crippen LogP contribution is 2.68. The number of nitrogens with zero attached hydrogens (tertiary/aromatic N) is 1. The Kier molecular flexibility index (Phi) is 5.58. The second-order valence-corrected chi connectivity index (χ2v) is 10.7. The molecular formula is C23H31N3O4S. The minimum Gasteiger partial charge on any atom is -0.394 e.